The molecule has 0 bridgehead atoms. The van der Waals surface area contributed by atoms with Gasteiger partial charge in [0.2, 0.25) is 0 Å². The molecule has 5 heterocycles. The molecule has 2 aromatic carbocycles. The molecule has 3 aliphatic heterocycles. The van der Waals surface area contributed by atoms with Crippen LogP contribution in [0.15, 0.2) is 61.2 Å². The summed E-state index contributed by atoms with van der Waals surface area (Å²) in [6.45, 7) is 12.7. The van der Waals surface area contributed by atoms with Crippen LogP contribution in [-0.2, 0) is 42.6 Å². The number of rotatable bonds is 0. The summed E-state index contributed by atoms with van der Waals surface area (Å²) in [5.74, 6) is -3.48. The van der Waals surface area contributed by atoms with Crippen molar-refractivity contribution in [2.75, 3.05) is 0 Å². The number of aliphatic hydroxyl groups is 2. The van der Waals surface area contributed by atoms with Crippen LogP contribution < -0.4 is 0 Å². The Bertz CT molecular complexity index is 2470. The van der Waals surface area contributed by atoms with Crippen molar-refractivity contribution >= 4 is 57.7 Å². The van der Waals surface area contributed by atoms with E-state index in [1.165, 1.54) is 36.4 Å². The number of aryl methyl sites for hydroxylation is 3. The number of ether oxygens (including phenoxy) is 4. The molecule has 3 aliphatic rings. The molecule has 1 fully saturated rings. The normalized spacial score (nSPS) is 28.9. The molecule has 1 saturated heterocycles. The molecule has 3 N–H and O–H groups in total. The molecule has 0 unspecified atom stereocenters. The average Bonchev–Trinajstić information content (AvgIpc) is 3.86. The van der Waals surface area contributed by atoms with Gasteiger partial charge in [0.1, 0.15) is 35.7 Å². The maximum atomic E-state index is 13.2. The molecule has 15 heteroatoms. The number of aliphatic hydroxyl groups excluding tert-OH is 2. The van der Waals surface area contributed by atoms with E-state index >= 15 is 0 Å². The monoisotopic (exact) mass is 838 g/mol. The van der Waals surface area contributed by atoms with E-state index in [2.05, 4.69) is 9.97 Å². The van der Waals surface area contributed by atoms with Gasteiger partial charge >= 0.3 is 11.9 Å². The Kier molecular flexibility index (Phi) is 13.3. The summed E-state index contributed by atoms with van der Waals surface area (Å²) in [5, 5.41) is 30.7. The molecular formula is C46H54N4O11. The van der Waals surface area contributed by atoms with Crippen LogP contribution in [-0.4, -0.2) is 100 Å². The smallest absolute Gasteiger partial charge is 0.342 e. The Hall–Kier alpha value is -5.74. The number of phenols is 1. The molecule has 61 heavy (non-hydrogen) atoms. The number of carbonyl (C=O) groups is 4. The zero-order valence-electron chi connectivity index (χ0n) is 35.9. The molecule has 8 atom stereocenters. The first-order chi connectivity index (χ1) is 28.8. The van der Waals surface area contributed by atoms with Crippen molar-refractivity contribution in [2.24, 2.45) is 25.9 Å². The second-order valence-corrected chi connectivity index (χ2v) is 16.5. The number of aromatic nitrogens is 4. The fourth-order valence-electron chi connectivity index (χ4n) is 7.39. The van der Waals surface area contributed by atoms with Crippen LogP contribution in [0, 0.1) is 18.8 Å². The van der Waals surface area contributed by atoms with Gasteiger partial charge < -0.3 is 43.4 Å². The Labute approximate surface area is 354 Å². The van der Waals surface area contributed by atoms with Crippen LogP contribution in [0.4, 0.5) is 0 Å². The third kappa shape index (κ3) is 9.60. The van der Waals surface area contributed by atoms with Gasteiger partial charge in [0, 0.05) is 43.1 Å². The number of ketones is 2. The maximum absolute atomic E-state index is 13.2. The van der Waals surface area contributed by atoms with Crippen molar-refractivity contribution in [2.45, 2.75) is 104 Å². The molecule has 0 saturated carbocycles. The second kappa shape index (κ2) is 18.1. The van der Waals surface area contributed by atoms with Gasteiger partial charge in [-0.15, -0.1) is 0 Å². The van der Waals surface area contributed by atoms with Crippen LogP contribution in [0.2, 0.25) is 0 Å². The molecule has 15 nitrogen and oxygen atoms in total. The van der Waals surface area contributed by atoms with Crippen molar-refractivity contribution in [3.63, 3.8) is 0 Å². The van der Waals surface area contributed by atoms with Gasteiger partial charge in [-0.1, -0.05) is 50.3 Å². The van der Waals surface area contributed by atoms with Crippen LogP contribution in [0.25, 0.3) is 34.2 Å². The number of hydrogen-bond acceptors (Lipinski definition) is 13. The number of esters is 2. The van der Waals surface area contributed by atoms with Crippen molar-refractivity contribution < 1.29 is 53.4 Å². The molecular weight excluding hydrogens is 785 g/mol. The van der Waals surface area contributed by atoms with E-state index < -0.39 is 60.1 Å². The van der Waals surface area contributed by atoms with Gasteiger partial charge in [0.15, 0.2) is 17.4 Å². The zero-order valence-corrected chi connectivity index (χ0v) is 35.9. The first-order valence-corrected chi connectivity index (χ1v) is 20.3. The van der Waals surface area contributed by atoms with Crippen molar-refractivity contribution in [1.29, 1.82) is 0 Å². The summed E-state index contributed by atoms with van der Waals surface area (Å²) < 4.78 is 26.9. The summed E-state index contributed by atoms with van der Waals surface area (Å²) in [6, 6.07) is 3.41. The molecule has 0 radical (unpaired) electrons. The number of benzene rings is 2. The Morgan fingerprint density at radius 3 is 1.80 bits per heavy atom. The fourth-order valence-corrected chi connectivity index (χ4v) is 7.39. The van der Waals surface area contributed by atoms with Crippen LogP contribution in [0.3, 0.4) is 0 Å². The lowest BCUT2D eigenvalue weighted by atomic mass is 9.97. The van der Waals surface area contributed by atoms with Crippen LogP contribution in [0.1, 0.15) is 91.8 Å². The van der Waals surface area contributed by atoms with Crippen molar-refractivity contribution in [1.82, 2.24) is 19.1 Å². The quantitative estimate of drug-likeness (QED) is 0.178. The zero-order chi connectivity index (χ0) is 44.5. The van der Waals surface area contributed by atoms with Crippen molar-refractivity contribution in [3.05, 3.63) is 89.1 Å². The highest BCUT2D eigenvalue weighted by molar-refractivity contribution is 6.04. The van der Waals surface area contributed by atoms with Gasteiger partial charge in [0.05, 0.1) is 52.5 Å². The number of cyclic esters (lactones) is 2. The predicted octanol–water partition coefficient (Wildman–Crippen LogP) is 5.85. The van der Waals surface area contributed by atoms with Gasteiger partial charge in [-0.3, -0.25) is 9.59 Å². The predicted molar refractivity (Wildman–Crippen MR) is 227 cm³/mol. The largest absolute Gasteiger partial charge is 0.507 e. The SMILES string of the molecule is C[C@@H]1/C=C\C(=O)[C@@H](O)[C@@H](O)C/C=C/c2c(c(O)cc3c2ncn3C)C(=O)O[C@H]1C.Cc1cc2c(ncn2C)c2c1C(=O)O[C@@H](C)[C@H](C)/C=C\C(=O)[C@H]1OC(C)(C)O[C@H]1CC=C2. The molecule has 0 amide bonds. The summed E-state index contributed by atoms with van der Waals surface area (Å²) >= 11 is 0. The topological polar surface area (TPSA) is 202 Å². The van der Waals surface area contributed by atoms with Crippen LogP contribution in [0.5, 0.6) is 5.75 Å². The molecule has 7 rings (SSSR count). The lowest BCUT2D eigenvalue weighted by Gasteiger charge is -2.20. The highest BCUT2D eigenvalue weighted by Gasteiger charge is 2.43. The second-order valence-electron chi connectivity index (χ2n) is 16.5. The molecule has 0 spiro atoms. The van der Waals surface area contributed by atoms with Gasteiger partial charge in [-0.2, -0.15) is 0 Å². The van der Waals surface area contributed by atoms with Gasteiger partial charge in [-0.05, 0) is 71.2 Å². The lowest BCUT2D eigenvalue weighted by Crippen LogP contribution is -2.32. The molecule has 2 aromatic heterocycles. The summed E-state index contributed by atoms with van der Waals surface area (Å²) in [4.78, 5) is 59.8. The Morgan fingerprint density at radius 1 is 0.705 bits per heavy atom. The van der Waals surface area contributed by atoms with E-state index in [-0.39, 0.29) is 35.4 Å². The molecule has 324 valence electrons. The number of fused-ring (bicyclic) bond motifs is 7. The molecule has 4 aromatic rings. The third-order valence-electron chi connectivity index (χ3n) is 11.3. The third-order valence-corrected chi connectivity index (χ3v) is 11.3. The van der Waals surface area contributed by atoms with E-state index in [1.54, 1.807) is 44.2 Å². The number of phenolic OH excluding ortho intramolecular Hbond substituents is 1. The summed E-state index contributed by atoms with van der Waals surface area (Å²) in [6.07, 6.45) is 11.5. The maximum Gasteiger partial charge on any atom is 0.342 e. The van der Waals surface area contributed by atoms with E-state index in [9.17, 15) is 34.5 Å². The lowest BCUT2D eigenvalue weighted by molar-refractivity contribution is -0.152. The Balaban J connectivity index is 0.000000205. The summed E-state index contributed by atoms with van der Waals surface area (Å²) in [7, 11) is 3.68. The first kappa shape index (κ1) is 44.8. The minimum absolute atomic E-state index is 0.0290. The summed E-state index contributed by atoms with van der Waals surface area (Å²) in [5.41, 5.74) is 5.09. The highest BCUT2D eigenvalue weighted by Crippen LogP contribution is 2.34. The number of hydrogen-bond donors (Lipinski definition) is 3. The van der Waals surface area contributed by atoms with Crippen molar-refractivity contribution in [3.8, 4) is 5.75 Å². The number of imidazole rings is 2. The Morgan fingerprint density at radius 2 is 1.21 bits per heavy atom. The fraction of sp³-hybridized carbons (Fsp3) is 0.435. The van der Waals surface area contributed by atoms with E-state index in [0.717, 1.165) is 16.6 Å². The van der Waals surface area contributed by atoms with Gasteiger partial charge in [-0.25, -0.2) is 19.6 Å². The van der Waals surface area contributed by atoms with Crippen LogP contribution >= 0.6 is 0 Å². The molecule has 0 aliphatic carbocycles. The minimum atomic E-state index is -1.57. The number of aromatic hydroxyl groups is 1. The van der Waals surface area contributed by atoms with E-state index in [4.69, 9.17) is 18.9 Å². The average molecular weight is 839 g/mol. The van der Waals surface area contributed by atoms with E-state index in [1.807, 2.05) is 64.5 Å². The number of carbonyl (C=O) groups excluding carboxylic acids is 4. The van der Waals surface area contributed by atoms with E-state index in [0.29, 0.717) is 34.1 Å². The number of nitrogens with zero attached hydrogens (tertiary/aromatic N) is 4. The minimum Gasteiger partial charge on any atom is -0.507 e. The highest BCUT2D eigenvalue weighted by atomic mass is 16.8. The van der Waals surface area contributed by atoms with Gasteiger partial charge in [0.25, 0.3) is 0 Å². The standard InChI is InChI=1S/C25H30N2O5.C21H24N2O6/c1-14-10-11-19(28)23-20(31-25(4,5)32-23)9-7-8-17-21(24(29)30-16(14)3)15(2)12-18-22(17)26-13-27(18)6;1-11-7-8-16(25)20(27)15(24)6-4-5-13-18(21(28)29-12(11)2)17(26)9-14-19(13)22-10-23(14)3/h7-8,10-14,16,20,23H,9H2,1-6H3;4-5,7-12,15,20,24,26-27H,6H2,1-3H3/b8-7?,11-10-;5-4+,8-7-/t14-,16+,20+,23-;11-,12+,15+,20+/m11/s1. The first-order valence-electron chi connectivity index (χ1n) is 20.3.